The third-order valence-corrected chi connectivity index (χ3v) is 4.27. The van der Waals surface area contributed by atoms with Crippen LogP contribution in [0.25, 0.3) is 0 Å². The molecule has 0 amide bonds. The minimum absolute atomic E-state index is 0.173. The van der Waals surface area contributed by atoms with Crippen LogP contribution in [-0.4, -0.2) is 31.7 Å². The quantitative estimate of drug-likeness (QED) is 0.679. The van der Waals surface area contributed by atoms with Gasteiger partial charge in [-0.25, -0.2) is 13.1 Å². The number of sulfonamides is 1. The molecule has 5 nitrogen and oxygen atoms in total. The largest absolute Gasteiger partial charge is 0.315 e. The fourth-order valence-corrected chi connectivity index (χ4v) is 2.79. The van der Waals surface area contributed by atoms with Crippen molar-refractivity contribution in [3.05, 3.63) is 29.6 Å². The second-order valence-corrected chi connectivity index (χ2v) is 7.19. The normalized spacial score (nSPS) is 12.0. The van der Waals surface area contributed by atoms with E-state index in [1.54, 1.807) is 6.20 Å². The molecule has 0 unspecified atom stereocenters. The summed E-state index contributed by atoms with van der Waals surface area (Å²) >= 11 is 0. The summed E-state index contributed by atoms with van der Waals surface area (Å²) in [5, 5.41) is 3.27. The maximum Gasteiger partial charge on any atom is 0.211 e. The summed E-state index contributed by atoms with van der Waals surface area (Å²) in [5.74, 6) is 0.173. The molecule has 1 rings (SSSR count). The van der Waals surface area contributed by atoms with E-state index in [0.717, 1.165) is 24.2 Å². The molecule has 1 aromatic rings. The first-order valence-corrected chi connectivity index (χ1v) is 8.66. The summed E-state index contributed by atoms with van der Waals surface area (Å²) in [7, 11) is -3.20. The Morgan fingerprint density at radius 3 is 2.60 bits per heavy atom. The second kappa shape index (κ2) is 8.34. The zero-order valence-electron chi connectivity index (χ0n) is 12.5. The minimum atomic E-state index is -3.20. The topological polar surface area (TPSA) is 71.1 Å². The fraction of sp³-hybridized carbons (Fsp3) is 0.643. The third kappa shape index (κ3) is 7.57. The zero-order chi connectivity index (χ0) is 15.0. The van der Waals surface area contributed by atoms with Crippen molar-refractivity contribution in [1.82, 2.24) is 15.0 Å². The molecule has 0 radical (unpaired) electrons. The molecule has 0 spiro atoms. The van der Waals surface area contributed by atoms with Gasteiger partial charge in [0.2, 0.25) is 10.0 Å². The summed E-state index contributed by atoms with van der Waals surface area (Å²) in [6.45, 7) is 7.22. The van der Waals surface area contributed by atoms with Crippen LogP contribution in [0.3, 0.4) is 0 Å². The lowest BCUT2D eigenvalue weighted by atomic mass is 10.2. The van der Waals surface area contributed by atoms with Crippen LogP contribution >= 0.6 is 0 Å². The highest BCUT2D eigenvalue weighted by molar-refractivity contribution is 7.89. The first kappa shape index (κ1) is 17.1. The number of unbranched alkanes of at least 4 members (excludes halogenated alkanes) is 1. The van der Waals surface area contributed by atoms with Gasteiger partial charge in [0, 0.05) is 24.5 Å². The van der Waals surface area contributed by atoms with E-state index in [-0.39, 0.29) is 5.75 Å². The van der Waals surface area contributed by atoms with Gasteiger partial charge in [0.1, 0.15) is 0 Å². The van der Waals surface area contributed by atoms with Gasteiger partial charge >= 0.3 is 0 Å². The van der Waals surface area contributed by atoms with Gasteiger partial charge in [0.15, 0.2) is 0 Å². The summed E-state index contributed by atoms with van der Waals surface area (Å²) in [6, 6.07) is 4.21. The van der Waals surface area contributed by atoms with Crippen LogP contribution < -0.4 is 10.0 Å². The van der Waals surface area contributed by atoms with E-state index in [1.807, 2.05) is 19.1 Å². The number of rotatable bonds is 9. The molecule has 0 aromatic carbocycles. The second-order valence-electron chi connectivity index (χ2n) is 5.26. The average molecular weight is 299 g/mol. The third-order valence-electron chi connectivity index (χ3n) is 2.86. The predicted molar refractivity (Wildman–Crippen MR) is 82.0 cm³/mol. The zero-order valence-corrected chi connectivity index (χ0v) is 13.3. The fourth-order valence-electron chi connectivity index (χ4n) is 1.68. The van der Waals surface area contributed by atoms with Gasteiger partial charge in [0.05, 0.1) is 5.75 Å². The van der Waals surface area contributed by atoms with Gasteiger partial charge in [-0.15, -0.1) is 0 Å². The summed E-state index contributed by atoms with van der Waals surface area (Å²) in [4.78, 5) is 4.14. The molecule has 6 heteroatoms. The van der Waals surface area contributed by atoms with E-state index in [2.05, 4.69) is 28.9 Å². The molecule has 0 aliphatic rings. The van der Waals surface area contributed by atoms with Crippen molar-refractivity contribution >= 4 is 10.0 Å². The number of aromatic nitrogens is 1. The molecule has 20 heavy (non-hydrogen) atoms. The molecule has 114 valence electrons. The number of hydrogen-bond acceptors (Lipinski definition) is 4. The first-order valence-electron chi connectivity index (χ1n) is 7.01. The van der Waals surface area contributed by atoms with Gasteiger partial charge in [0.25, 0.3) is 0 Å². The van der Waals surface area contributed by atoms with Crippen LogP contribution in [0.2, 0.25) is 0 Å². The molecule has 0 bridgehead atoms. The highest BCUT2D eigenvalue weighted by atomic mass is 32.2. The molecule has 0 aliphatic carbocycles. The van der Waals surface area contributed by atoms with Gasteiger partial charge < -0.3 is 5.32 Å². The molecule has 0 aliphatic heterocycles. The van der Waals surface area contributed by atoms with Gasteiger partial charge in [-0.05, 0) is 37.9 Å². The van der Waals surface area contributed by atoms with Crippen LogP contribution in [0.1, 0.15) is 37.9 Å². The standard InChI is InChI=1S/C14H25N3O2S/c1-12(2)15-8-4-5-9-20(18,19)17-11-14-7-6-13(3)16-10-14/h6-7,10,12,15,17H,4-5,8-9,11H2,1-3H3. The summed E-state index contributed by atoms with van der Waals surface area (Å²) in [5.41, 5.74) is 1.80. The first-order chi connectivity index (χ1) is 9.39. The van der Waals surface area contributed by atoms with E-state index >= 15 is 0 Å². The number of nitrogens with one attached hydrogen (secondary N) is 2. The van der Waals surface area contributed by atoms with Crippen molar-refractivity contribution in [2.24, 2.45) is 0 Å². The van der Waals surface area contributed by atoms with Crippen molar-refractivity contribution < 1.29 is 8.42 Å². The van der Waals surface area contributed by atoms with Crippen LogP contribution in [0.15, 0.2) is 18.3 Å². The summed E-state index contributed by atoms with van der Waals surface area (Å²) in [6.07, 6.45) is 3.23. The van der Waals surface area contributed by atoms with Gasteiger partial charge in [-0.1, -0.05) is 19.9 Å². The monoisotopic (exact) mass is 299 g/mol. The van der Waals surface area contributed by atoms with E-state index in [0.29, 0.717) is 19.0 Å². The average Bonchev–Trinajstić information content (AvgIpc) is 2.37. The number of pyridine rings is 1. The molecule has 0 fully saturated rings. The Kier molecular flexibility index (Phi) is 7.12. The molecule has 1 aromatic heterocycles. The van der Waals surface area contributed by atoms with Crippen molar-refractivity contribution in [3.63, 3.8) is 0 Å². The van der Waals surface area contributed by atoms with E-state index < -0.39 is 10.0 Å². The Morgan fingerprint density at radius 1 is 1.25 bits per heavy atom. The molecule has 1 heterocycles. The number of hydrogen-bond donors (Lipinski definition) is 2. The van der Waals surface area contributed by atoms with E-state index in [9.17, 15) is 8.42 Å². The Hall–Kier alpha value is -0.980. The van der Waals surface area contributed by atoms with Crippen LogP contribution in [0, 0.1) is 6.92 Å². The Labute approximate surface area is 122 Å². The van der Waals surface area contributed by atoms with E-state index in [4.69, 9.17) is 0 Å². The van der Waals surface area contributed by atoms with Crippen LogP contribution in [0.4, 0.5) is 0 Å². The Balaban J connectivity index is 2.26. The molecule has 2 N–H and O–H groups in total. The maximum atomic E-state index is 11.8. The predicted octanol–water partition coefficient (Wildman–Crippen LogP) is 1.59. The minimum Gasteiger partial charge on any atom is -0.315 e. The maximum absolute atomic E-state index is 11.8. The van der Waals surface area contributed by atoms with Crippen molar-refractivity contribution in [3.8, 4) is 0 Å². The lowest BCUT2D eigenvalue weighted by molar-refractivity contribution is 0.555. The lowest BCUT2D eigenvalue weighted by Crippen LogP contribution is -2.27. The highest BCUT2D eigenvalue weighted by Crippen LogP contribution is 2.01. The van der Waals surface area contributed by atoms with Crippen LogP contribution in [0.5, 0.6) is 0 Å². The lowest BCUT2D eigenvalue weighted by Gasteiger charge is -2.09. The van der Waals surface area contributed by atoms with Crippen molar-refractivity contribution in [2.45, 2.75) is 46.2 Å². The summed E-state index contributed by atoms with van der Waals surface area (Å²) < 4.78 is 26.2. The van der Waals surface area contributed by atoms with E-state index in [1.165, 1.54) is 0 Å². The van der Waals surface area contributed by atoms with Crippen molar-refractivity contribution in [2.75, 3.05) is 12.3 Å². The Morgan fingerprint density at radius 2 is 2.00 bits per heavy atom. The number of nitrogens with zero attached hydrogens (tertiary/aromatic N) is 1. The SMILES string of the molecule is Cc1ccc(CNS(=O)(=O)CCCCNC(C)C)cn1. The molecular formula is C14H25N3O2S. The smallest absolute Gasteiger partial charge is 0.211 e. The molecule has 0 saturated carbocycles. The van der Waals surface area contributed by atoms with Gasteiger partial charge in [-0.2, -0.15) is 0 Å². The highest BCUT2D eigenvalue weighted by Gasteiger charge is 2.09. The molecular weight excluding hydrogens is 274 g/mol. The molecule has 0 atom stereocenters. The number of aryl methyl sites for hydroxylation is 1. The van der Waals surface area contributed by atoms with Crippen molar-refractivity contribution in [1.29, 1.82) is 0 Å². The van der Waals surface area contributed by atoms with Crippen LogP contribution in [-0.2, 0) is 16.6 Å². The molecule has 0 saturated heterocycles. The van der Waals surface area contributed by atoms with Gasteiger partial charge in [-0.3, -0.25) is 4.98 Å². The Bertz CT molecular complexity index is 484.